The van der Waals surface area contributed by atoms with E-state index in [1.54, 1.807) is 12.1 Å². The smallest absolute Gasteiger partial charge is 0.183 e. The van der Waals surface area contributed by atoms with Crippen LogP contribution in [0.1, 0.15) is 19.4 Å². The second-order valence-corrected chi connectivity index (χ2v) is 5.76. The lowest BCUT2D eigenvalue weighted by molar-refractivity contribution is -0.247. The largest absolute Gasteiger partial charge is 0.366 e. The highest BCUT2D eigenvalue weighted by Crippen LogP contribution is 2.35. The van der Waals surface area contributed by atoms with Crippen molar-refractivity contribution in [2.45, 2.75) is 50.8 Å². The molecule has 0 amide bonds. The van der Waals surface area contributed by atoms with Gasteiger partial charge in [-0.1, -0.05) is 12.1 Å². The molecule has 21 heavy (non-hydrogen) atoms. The molecule has 1 aromatic carbocycles. The molecule has 1 N–H and O–H groups in total. The fourth-order valence-corrected chi connectivity index (χ4v) is 2.67. The first-order valence-corrected chi connectivity index (χ1v) is 6.96. The van der Waals surface area contributed by atoms with Gasteiger partial charge in [-0.3, -0.25) is 0 Å². The van der Waals surface area contributed by atoms with Gasteiger partial charge in [-0.15, -0.1) is 0 Å². The predicted molar refractivity (Wildman–Crippen MR) is 70.8 cm³/mol. The molecule has 0 spiro atoms. The van der Waals surface area contributed by atoms with E-state index < -0.39 is 18.2 Å². The number of aliphatic hydroxyl groups excluding tert-OH is 1. The van der Waals surface area contributed by atoms with Gasteiger partial charge in [-0.25, -0.2) is 4.39 Å². The van der Waals surface area contributed by atoms with Crippen molar-refractivity contribution in [3.05, 3.63) is 35.6 Å². The molecule has 4 atom stereocenters. The van der Waals surface area contributed by atoms with Gasteiger partial charge in [0.2, 0.25) is 0 Å². The second-order valence-electron chi connectivity index (χ2n) is 5.76. The Kier molecular flexibility index (Phi) is 3.98. The summed E-state index contributed by atoms with van der Waals surface area (Å²) in [5.41, 5.74) is 0.809. The number of benzene rings is 1. The molecule has 3 rings (SSSR count). The van der Waals surface area contributed by atoms with Crippen LogP contribution in [0.4, 0.5) is 4.39 Å². The third-order valence-electron chi connectivity index (χ3n) is 3.61. The van der Waals surface area contributed by atoms with Gasteiger partial charge >= 0.3 is 0 Å². The summed E-state index contributed by atoms with van der Waals surface area (Å²) in [6, 6.07) is 6.01. The zero-order valence-electron chi connectivity index (χ0n) is 12.0. The molecule has 0 unspecified atom stereocenters. The zero-order chi connectivity index (χ0) is 15.0. The standard InChI is InChI=1S/C15H19FO5/c1-15(2)20-11-8-19-14(17)13(12(11)21-15)18-7-9-3-5-10(16)6-4-9/h3-6,11-14,17H,7-8H2,1-2H3/t11-,12-,13+,14-/m0/s1. The maximum absolute atomic E-state index is 12.9. The minimum Gasteiger partial charge on any atom is -0.366 e. The van der Waals surface area contributed by atoms with Crippen molar-refractivity contribution < 1.29 is 28.4 Å². The average Bonchev–Trinajstić information content (AvgIpc) is 2.74. The van der Waals surface area contributed by atoms with Crippen LogP contribution in [0.5, 0.6) is 0 Å². The Hall–Kier alpha value is -1.05. The number of hydrogen-bond donors (Lipinski definition) is 1. The SMILES string of the molecule is CC1(C)O[C@@H]2[C@@H](OCc3ccc(F)cc3)[C@@H](O)OC[C@@H]2O1. The van der Waals surface area contributed by atoms with E-state index in [1.807, 2.05) is 13.8 Å². The molecule has 2 aliphatic heterocycles. The van der Waals surface area contributed by atoms with Crippen LogP contribution in [0, 0.1) is 5.82 Å². The normalized spacial score (nSPS) is 34.7. The maximum Gasteiger partial charge on any atom is 0.183 e. The Bertz CT molecular complexity index is 489. The number of hydrogen-bond acceptors (Lipinski definition) is 5. The molecule has 2 fully saturated rings. The van der Waals surface area contributed by atoms with Gasteiger partial charge in [0.1, 0.15) is 24.1 Å². The zero-order valence-corrected chi connectivity index (χ0v) is 12.0. The lowest BCUT2D eigenvalue weighted by Gasteiger charge is -2.34. The van der Waals surface area contributed by atoms with Crippen molar-refractivity contribution in [1.29, 1.82) is 0 Å². The predicted octanol–water partition coefficient (Wildman–Crippen LogP) is 1.58. The Morgan fingerprint density at radius 2 is 2.00 bits per heavy atom. The average molecular weight is 298 g/mol. The van der Waals surface area contributed by atoms with Gasteiger partial charge < -0.3 is 24.1 Å². The van der Waals surface area contributed by atoms with E-state index in [4.69, 9.17) is 18.9 Å². The van der Waals surface area contributed by atoms with E-state index >= 15 is 0 Å². The van der Waals surface area contributed by atoms with E-state index in [0.29, 0.717) is 0 Å². The topological polar surface area (TPSA) is 57.2 Å². The maximum atomic E-state index is 12.9. The lowest BCUT2D eigenvalue weighted by atomic mass is 10.1. The van der Waals surface area contributed by atoms with Gasteiger partial charge in [0.15, 0.2) is 12.1 Å². The van der Waals surface area contributed by atoms with Gasteiger partial charge in [0, 0.05) is 0 Å². The highest BCUT2D eigenvalue weighted by Gasteiger charge is 2.51. The Balaban J connectivity index is 1.66. The molecule has 2 saturated heterocycles. The first-order chi connectivity index (χ1) is 9.94. The molecule has 116 valence electrons. The van der Waals surface area contributed by atoms with Crippen LogP contribution >= 0.6 is 0 Å². The molecule has 0 saturated carbocycles. The van der Waals surface area contributed by atoms with Crippen LogP contribution in [0.2, 0.25) is 0 Å². The van der Waals surface area contributed by atoms with Crippen molar-refractivity contribution in [2.24, 2.45) is 0 Å². The molecule has 5 nitrogen and oxygen atoms in total. The van der Waals surface area contributed by atoms with Crippen LogP contribution in [-0.2, 0) is 25.6 Å². The molecule has 0 aliphatic carbocycles. The third-order valence-corrected chi connectivity index (χ3v) is 3.61. The molecular formula is C15H19FO5. The molecule has 2 aliphatic rings. The van der Waals surface area contributed by atoms with E-state index in [-0.39, 0.29) is 31.2 Å². The van der Waals surface area contributed by atoms with E-state index in [1.165, 1.54) is 12.1 Å². The van der Waals surface area contributed by atoms with Crippen LogP contribution in [0.3, 0.4) is 0 Å². The van der Waals surface area contributed by atoms with Gasteiger partial charge in [-0.2, -0.15) is 0 Å². The fraction of sp³-hybridized carbons (Fsp3) is 0.600. The van der Waals surface area contributed by atoms with Crippen molar-refractivity contribution in [3.63, 3.8) is 0 Å². The molecule has 0 aromatic heterocycles. The van der Waals surface area contributed by atoms with Gasteiger partial charge in [-0.05, 0) is 31.5 Å². The first-order valence-electron chi connectivity index (χ1n) is 6.96. The van der Waals surface area contributed by atoms with E-state index in [9.17, 15) is 9.50 Å². The van der Waals surface area contributed by atoms with E-state index in [0.717, 1.165) is 5.56 Å². The lowest BCUT2D eigenvalue weighted by Crippen LogP contribution is -2.52. The molecular weight excluding hydrogens is 279 g/mol. The molecule has 1 aromatic rings. The summed E-state index contributed by atoms with van der Waals surface area (Å²) in [5.74, 6) is -1.02. The summed E-state index contributed by atoms with van der Waals surface area (Å²) in [6.07, 6.45) is -2.36. The summed E-state index contributed by atoms with van der Waals surface area (Å²) >= 11 is 0. The Morgan fingerprint density at radius 3 is 2.71 bits per heavy atom. The summed E-state index contributed by atoms with van der Waals surface area (Å²) in [7, 11) is 0. The number of rotatable bonds is 3. The summed E-state index contributed by atoms with van der Waals surface area (Å²) in [5, 5.41) is 9.97. The number of fused-ring (bicyclic) bond motifs is 1. The molecule has 0 bridgehead atoms. The van der Waals surface area contributed by atoms with Gasteiger partial charge in [0.25, 0.3) is 0 Å². The molecule has 2 heterocycles. The van der Waals surface area contributed by atoms with Crippen LogP contribution in [0.15, 0.2) is 24.3 Å². The monoisotopic (exact) mass is 298 g/mol. The minimum absolute atomic E-state index is 0.234. The molecule has 6 heteroatoms. The number of ether oxygens (including phenoxy) is 4. The van der Waals surface area contributed by atoms with Crippen LogP contribution in [0.25, 0.3) is 0 Å². The van der Waals surface area contributed by atoms with Crippen molar-refractivity contribution in [2.75, 3.05) is 6.61 Å². The van der Waals surface area contributed by atoms with Crippen LogP contribution < -0.4 is 0 Å². The second kappa shape index (κ2) is 5.62. The summed E-state index contributed by atoms with van der Waals surface area (Å²) in [6.45, 7) is 4.13. The minimum atomic E-state index is -1.07. The highest BCUT2D eigenvalue weighted by atomic mass is 19.1. The van der Waals surface area contributed by atoms with E-state index in [2.05, 4.69) is 0 Å². The molecule has 0 radical (unpaired) electrons. The number of halogens is 1. The van der Waals surface area contributed by atoms with Crippen molar-refractivity contribution >= 4 is 0 Å². The highest BCUT2D eigenvalue weighted by molar-refractivity contribution is 5.15. The Labute approximate surface area is 122 Å². The summed E-state index contributed by atoms with van der Waals surface area (Å²) in [4.78, 5) is 0. The quantitative estimate of drug-likeness (QED) is 0.918. The third kappa shape index (κ3) is 3.25. The van der Waals surface area contributed by atoms with Gasteiger partial charge in [0.05, 0.1) is 13.2 Å². The van der Waals surface area contributed by atoms with Crippen molar-refractivity contribution in [1.82, 2.24) is 0 Å². The van der Waals surface area contributed by atoms with Crippen molar-refractivity contribution in [3.8, 4) is 0 Å². The van der Waals surface area contributed by atoms with Crippen LogP contribution in [-0.4, -0.2) is 42.1 Å². The fourth-order valence-electron chi connectivity index (χ4n) is 2.67. The first kappa shape index (κ1) is 14.9. The number of aliphatic hydroxyl groups is 1. The summed E-state index contributed by atoms with van der Waals surface area (Å²) < 4.78 is 35.4. The Morgan fingerprint density at radius 1 is 1.29 bits per heavy atom.